The molecule has 1 aromatic rings. The van der Waals surface area contributed by atoms with Crippen molar-refractivity contribution in [3.63, 3.8) is 0 Å². The van der Waals surface area contributed by atoms with Gasteiger partial charge in [-0.05, 0) is 52.3 Å². The number of anilines is 1. The second-order valence-corrected chi connectivity index (χ2v) is 6.26. The molecule has 2 N–H and O–H groups in total. The fourth-order valence-electron chi connectivity index (χ4n) is 1.84. The zero-order chi connectivity index (χ0) is 16.9. The van der Waals surface area contributed by atoms with E-state index in [2.05, 4.69) is 10.6 Å². The predicted octanol–water partition coefficient (Wildman–Crippen LogP) is 4.34. The summed E-state index contributed by atoms with van der Waals surface area (Å²) in [6, 6.07) is 5.90. The molecule has 6 heteroatoms. The Labute approximate surface area is 130 Å². The van der Waals surface area contributed by atoms with E-state index in [1.54, 1.807) is 45.0 Å². The number of hydrogen-bond donors (Lipinski definition) is 2. The second-order valence-electron chi connectivity index (χ2n) is 6.26. The van der Waals surface area contributed by atoms with Gasteiger partial charge in [0.05, 0.1) is 6.04 Å². The summed E-state index contributed by atoms with van der Waals surface area (Å²) in [5, 5.41) is 5.45. The average Bonchev–Trinajstić information content (AvgIpc) is 2.36. The zero-order valence-electron chi connectivity index (χ0n) is 13.6. The number of amides is 1. The first-order valence-corrected chi connectivity index (χ1v) is 7.22. The molecule has 2 atom stereocenters. The van der Waals surface area contributed by atoms with Gasteiger partial charge in [0.2, 0.25) is 0 Å². The molecule has 0 saturated heterocycles. The highest BCUT2D eigenvalue weighted by atomic mass is 19.3. The van der Waals surface area contributed by atoms with E-state index in [1.807, 2.05) is 6.92 Å². The van der Waals surface area contributed by atoms with Crippen LogP contribution in [0, 0.1) is 0 Å². The summed E-state index contributed by atoms with van der Waals surface area (Å²) in [7, 11) is 0. The summed E-state index contributed by atoms with van der Waals surface area (Å²) in [6.45, 7) is 8.61. The van der Waals surface area contributed by atoms with Crippen LogP contribution in [0.5, 0.6) is 0 Å². The van der Waals surface area contributed by atoms with Crippen LogP contribution in [-0.2, 0) is 4.74 Å². The van der Waals surface area contributed by atoms with Crippen molar-refractivity contribution in [2.45, 2.75) is 58.7 Å². The van der Waals surface area contributed by atoms with Crippen molar-refractivity contribution in [3.8, 4) is 0 Å². The van der Waals surface area contributed by atoms with Gasteiger partial charge in [-0.25, -0.2) is 13.6 Å². The van der Waals surface area contributed by atoms with Crippen LogP contribution >= 0.6 is 0 Å². The molecule has 2 unspecified atom stereocenters. The number of carbonyl (C=O) groups excluding carboxylic acids is 1. The number of ether oxygens (including phenoxy) is 1. The third-order valence-electron chi connectivity index (χ3n) is 2.95. The van der Waals surface area contributed by atoms with Crippen LogP contribution in [0.15, 0.2) is 24.3 Å². The topological polar surface area (TPSA) is 50.4 Å². The van der Waals surface area contributed by atoms with Gasteiger partial charge in [0.25, 0.3) is 6.43 Å². The molecule has 1 amide bonds. The monoisotopic (exact) mass is 314 g/mol. The molecule has 4 nitrogen and oxygen atoms in total. The van der Waals surface area contributed by atoms with Gasteiger partial charge in [-0.2, -0.15) is 0 Å². The van der Waals surface area contributed by atoms with Crippen molar-refractivity contribution >= 4 is 11.8 Å². The second kappa shape index (κ2) is 7.54. The quantitative estimate of drug-likeness (QED) is 0.850. The molecule has 0 aliphatic heterocycles. The third-order valence-corrected chi connectivity index (χ3v) is 2.95. The van der Waals surface area contributed by atoms with E-state index in [0.29, 0.717) is 5.69 Å². The van der Waals surface area contributed by atoms with Gasteiger partial charge in [0.1, 0.15) is 5.60 Å². The largest absolute Gasteiger partial charge is 0.444 e. The lowest BCUT2D eigenvalue weighted by Crippen LogP contribution is -2.34. The average molecular weight is 314 g/mol. The maximum Gasteiger partial charge on any atom is 0.412 e. The van der Waals surface area contributed by atoms with Gasteiger partial charge in [0.15, 0.2) is 0 Å². The van der Waals surface area contributed by atoms with Gasteiger partial charge in [-0.3, -0.25) is 5.32 Å². The number of halogens is 2. The minimum absolute atomic E-state index is 0.209. The van der Waals surface area contributed by atoms with Crippen molar-refractivity contribution in [3.05, 3.63) is 29.8 Å². The number of nitrogens with one attached hydrogen (secondary N) is 2. The van der Waals surface area contributed by atoms with Crippen molar-refractivity contribution in [2.24, 2.45) is 0 Å². The van der Waals surface area contributed by atoms with Crippen LogP contribution in [0.25, 0.3) is 0 Å². The lowest BCUT2D eigenvalue weighted by molar-refractivity contribution is 0.0636. The Hall–Kier alpha value is -1.69. The normalized spacial score (nSPS) is 14.5. The molecule has 0 radical (unpaired) electrons. The van der Waals surface area contributed by atoms with Gasteiger partial charge in [-0.15, -0.1) is 0 Å². The minimum Gasteiger partial charge on any atom is -0.444 e. The van der Waals surface area contributed by atoms with Gasteiger partial charge >= 0.3 is 6.09 Å². The van der Waals surface area contributed by atoms with Gasteiger partial charge in [0, 0.05) is 11.7 Å². The van der Waals surface area contributed by atoms with E-state index in [0.717, 1.165) is 5.56 Å². The lowest BCUT2D eigenvalue weighted by Gasteiger charge is -2.21. The Morgan fingerprint density at radius 1 is 1.14 bits per heavy atom. The number of hydrogen-bond acceptors (Lipinski definition) is 3. The molecule has 1 rings (SSSR count). The molecule has 22 heavy (non-hydrogen) atoms. The smallest absolute Gasteiger partial charge is 0.412 e. The molecule has 0 aliphatic carbocycles. The van der Waals surface area contributed by atoms with E-state index in [9.17, 15) is 13.6 Å². The summed E-state index contributed by atoms with van der Waals surface area (Å²) in [5.74, 6) is 0. The van der Waals surface area contributed by atoms with Crippen LogP contribution in [0.3, 0.4) is 0 Å². The fourth-order valence-corrected chi connectivity index (χ4v) is 1.84. The molecule has 0 aliphatic rings. The van der Waals surface area contributed by atoms with Crippen molar-refractivity contribution in [1.82, 2.24) is 5.32 Å². The Morgan fingerprint density at radius 2 is 1.68 bits per heavy atom. The molecule has 0 fully saturated rings. The van der Waals surface area contributed by atoms with E-state index in [-0.39, 0.29) is 6.04 Å². The predicted molar refractivity (Wildman–Crippen MR) is 83.3 cm³/mol. The van der Waals surface area contributed by atoms with Crippen molar-refractivity contribution < 1.29 is 18.3 Å². The molecular weight excluding hydrogens is 290 g/mol. The Balaban J connectivity index is 2.61. The first kappa shape index (κ1) is 18.4. The zero-order valence-corrected chi connectivity index (χ0v) is 13.6. The molecule has 0 bridgehead atoms. The van der Waals surface area contributed by atoms with Crippen LogP contribution in [0.1, 0.15) is 46.2 Å². The highest BCUT2D eigenvalue weighted by molar-refractivity contribution is 5.84. The van der Waals surface area contributed by atoms with Crippen molar-refractivity contribution in [1.29, 1.82) is 0 Å². The summed E-state index contributed by atoms with van der Waals surface area (Å²) in [6.07, 6.45) is -2.94. The summed E-state index contributed by atoms with van der Waals surface area (Å²) < 4.78 is 30.2. The highest BCUT2D eigenvalue weighted by Gasteiger charge is 2.18. The highest BCUT2D eigenvalue weighted by Crippen LogP contribution is 2.18. The molecule has 0 spiro atoms. The molecule has 124 valence electrons. The van der Waals surface area contributed by atoms with Crippen LogP contribution < -0.4 is 10.6 Å². The molecule has 1 aromatic carbocycles. The van der Waals surface area contributed by atoms with Crippen LogP contribution in [0.2, 0.25) is 0 Å². The molecular formula is C16H24F2N2O2. The number of rotatable bonds is 5. The van der Waals surface area contributed by atoms with E-state index >= 15 is 0 Å². The standard InChI is InChI=1S/C16H24F2N2O2/c1-10(19-11(2)14(17)18)12-6-8-13(9-7-12)20-15(21)22-16(3,4)5/h6-11,14,19H,1-5H3,(H,20,21). The van der Waals surface area contributed by atoms with Crippen LogP contribution in [0.4, 0.5) is 19.3 Å². The number of alkyl halides is 2. The maximum absolute atomic E-state index is 12.5. The SMILES string of the molecule is CC(NC(C)C(F)F)c1ccc(NC(=O)OC(C)(C)C)cc1. The maximum atomic E-state index is 12.5. The van der Waals surface area contributed by atoms with Crippen molar-refractivity contribution in [2.75, 3.05) is 5.32 Å². The Morgan fingerprint density at radius 3 is 2.14 bits per heavy atom. The third kappa shape index (κ3) is 6.39. The summed E-state index contributed by atoms with van der Waals surface area (Å²) in [4.78, 5) is 11.6. The lowest BCUT2D eigenvalue weighted by atomic mass is 10.1. The van der Waals surface area contributed by atoms with E-state index in [4.69, 9.17) is 4.74 Å². The Kier molecular flexibility index (Phi) is 6.29. The fraction of sp³-hybridized carbons (Fsp3) is 0.562. The molecule has 0 aromatic heterocycles. The minimum atomic E-state index is -2.41. The number of benzene rings is 1. The van der Waals surface area contributed by atoms with Crippen LogP contribution in [-0.4, -0.2) is 24.2 Å². The van der Waals surface area contributed by atoms with Gasteiger partial charge in [-0.1, -0.05) is 12.1 Å². The van der Waals surface area contributed by atoms with E-state index < -0.39 is 24.2 Å². The first-order chi connectivity index (χ1) is 10.1. The van der Waals surface area contributed by atoms with E-state index in [1.165, 1.54) is 6.92 Å². The molecule has 0 heterocycles. The number of carbonyl (C=O) groups is 1. The van der Waals surface area contributed by atoms with Gasteiger partial charge < -0.3 is 10.1 Å². The Bertz CT molecular complexity index is 484. The summed E-state index contributed by atoms with van der Waals surface area (Å²) in [5.41, 5.74) is 0.891. The summed E-state index contributed by atoms with van der Waals surface area (Å²) >= 11 is 0. The first-order valence-electron chi connectivity index (χ1n) is 7.22. The molecule has 0 saturated carbocycles.